The van der Waals surface area contributed by atoms with Gasteiger partial charge in [0, 0.05) is 0 Å². The number of benzene rings is 2. The Labute approximate surface area is 209 Å². The minimum atomic E-state index is -1.09. The Morgan fingerprint density at radius 3 is 2.50 bits per heavy atom. The zero-order chi connectivity index (χ0) is 26.0. The molecule has 4 rings (SSSR count). The van der Waals surface area contributed by atoms with E-state index in [4.69, 9.17) is 4.74 Å². The van der Waals surface area contributed by atoms with Crippen LogP contribution in [0, 0.1) is 0 Å². The average Bonchev–Trinajstić information content (AvgIpc) is 3.10. The summed E-state index contributed by atoms with van der Waals surface area (Å²) in [6, 6.07) is 12.5. The fraction of sp³-hybridized carbons (Fsp3) is 0.250. The van der Waals surface area contributed by atoms with E-state index in [0.717, 1.165) is 11.8 Å². The molecule has 2 N–H and O–H groups in total. The molecule has 186 valence electrons. The third-order valence-corrected chi connectivity index (χ3v) is 6.75. The summed E-state index contributed by atoms with van der Waals surface area (Å²) in [4.78, 5) is 67.3. The second-order valence-corrected chi connectivity index (χ2v) is 9.12. The Balaban J connectivity index is 1.66. The molecule has 3 aromatic rings. The van der Waals surface area contributed by atoms with Crippen LogP contribution in [0.4, 0.5) is 4.79 Å². The van der Waals surface area contributed by atoms with Crippen molar-refractivity contribution in [1.29, 1.82) is 0 Å². The summed E-state index contributed by atoms with van der Waals surface area (Å²) in [5, 5.41) is 3.68. The van der Waals surface area contributed by atoms with Crippen LogP contribution in [-0.4, -0.2) is 56.8 Å². The number of carbonyl (C=O) groups excluding carboxylic acids is 4. The number of imide groups is 1. The van der Waals surface area contributed by atoms with Gasteiger partial charge in [0.15, 0.2) is 5.16 Å². The summed E-state index contributed by atoms with van der Waals surface area (Å²) in [6.45, 7) is 3.33. The highest BCUT2D eigenvalue weighted by Gasteiger charge is 2.47. The first-order valence-corrected chi connectivity index (χ1v) is 12.0. The smallest absolute Gasteiger partial charge is 0.344 e. The lowest BCUT2D eigenvalue weighted by Crippen LogP contribution is -2.49. The summed E-state index contributed by atoms with van der Waals surface area (Å²) in [5.41, 5.74) is 1.84. The van der Waals surface area contributed by atoms with Gasteiger partial charge >= 0.3 is 12.0 Å². The van der Waals surface area contributed by atoms with Crippen molar-refractivity contribution < 1.29 is 23.9 Å². The number of fused-ring (bicyclic) bond motifs is 1. The van der Waals surface area contributed by atoms with Crippen LogP contribution in [0.3, 0.4) is 0 Å². The van der Waals surface area contributed by atoms with E-state index in [9.17, 15) is 24.0 Å². The van der Waals surface area contributed by atoms with Crippen molar-refractivity contribution in [3.8, 4) is 5.69 Å². The quantitative estimate of drug-likeness (QED) is 0.213. The summed E-state index contributed by atoms with van der Waals surface area (Å²) < 4.78 is 6.11. The lowest BCUT2D eigenvalue weighted by Gasteiger charge is -2.19. The first-order valence-electron chi connectivity index (χ1n) is 11.0. The molecule has 0 unspecified atom stereocenters. The molecule has 2 aromatic carbocycles. The lowest BCUT2D eigenvalue weighted by molar-refractivity contribution is -0.137. The highest BCUT2D eigenvalue weighted by molar-refractivity contribution is 7.99. The number of hydrogen-bond acceptors (Lipinski definition) is 8. The maximum absolute atomic E-state index is 13.4. The molecular weight excluding hydrogens is 486 g/mol. The molecule has 11 nitrogen and oxygen atoms in total. The monoisotopic (exact) mass is 509 g/mol. The lowest BCUT2D eigenvalue weighted by atomic mass is 10.00. The molecule has 1 atom stereocenters. The second-order valence-electron chi connectivity index (χ2n) is 8.17. The van der Waals surface area contributed by atoms with Gasteiger partial charge in [-0.1, -0.05) is 36.9 Å². The Kier molecular flexibility index (Phi) is 6.80. The molecule has 0 saturated carbocycles. The normalized spacial score (nSPS) is 17.2. The number of nitrogens with one attached hydrogen (secondary N) is 2. The molecule has 1 fully saturated rings. The van der Waals surface area contributed by atoms with Crippen molar-refractivity contribution in [3.63, 3.8) is 0 Å². The SMILES string of the molecule is CC[C@]1(C)NC(=O)N(NC(=O)CSc2nc3cc(C(=O)OC)ccc3c(=O)n2-c2ccccc2)C1=O. The van der Waals surface area contributed by atoms with Gasteiger partial charge in [-0.2, -0.15) is 5.01 Å². The van der Waals surface area contributed by atoms with Crippen molar-refractivity contribution in [2.45, 2.75) is 31.0 Å². The largest absolute Gasteiger partial charge is 0.465 e. The fourth-order valence-corrected chi connectivity index (χ4v) is 4.43. The number of aromatic nitrogens is 2. The van der Waals surface area contributed by atoms with Crippen LogP contribution in [0.1, 0.15) is 30.6 Å². The van der Waals surface area contributed by atoms with Gasteiger partial charge in [-0.05, 0) is 43.7 Å². The van der Waals surface area contributed by atoms with E-state index in [1.807, 2.05) is 0 Å². The molecule has 1 aliphatic rings. The molecule has 2 heterocycles. The molecular formula is C24H23N5O6S. The van der Waals surface area contributed by atoms with Crippen molar-refractivity contribution >= 4 is 46.5 Å². The third kappa shape index (κ3) is 4.54. The Bertz CT molecular complexity index is 1440. The first-order chi connectivity index (χ1) is 17.2. The zero-order valence-corrected chi connectivity index (χ0v) is 20.5. The van der Waals surface area contributed by atoms with Crippen molar-refractivity contribution in [3.05, 3.63) is 64.4 Å². The summed E-state index contributed by atoms with van der Waals surface area (Å²) >= 11 is 0.944. The number of nitrogens with zero attached hydrogens (tertiary/aromatic N) is 3. The number of rotatable bonds is 7. The van der Waals surface area contributed by atoms with Crippen LogP contribution in [-0.2, 0) is 14.3 Å². The van der Waals surface area contributed by atoms with Crippen molar-refractivity contribution in [2.24, 2.45) is 0 Å². The number of carbonyl (C=O) groups is 4. The van der Waals surface area contributed by atoms with E-state index in [0.29, 0.717) is 17.1 Å². The van der Waals surface area contributed by atoms with Crippen LogP contribution in [0.15, 0.2) is 58.5 Å². The highest BCUT2D eigenvalue weighted by atomic mass is 32.2. The third-order valence-electron chi connectivity index (χ3n) is 5.81. The molecule has 0 bridgehead atoms. The van der Waals surface area contributed by atoms with Gasteiger partial charge in [0.05, 0.1) is 35.0 Å². The molecule has 0 spiro atoms. The van der Waals surface area contributed by atoms with Crippen LogP contribution in [0.25, 0.3) is 16.6 Å². The predicted octanol–water partition coefficient (Wildman–Crippen LogP) is 2.02. The minimum Gasteiger partial charge on any atom is -0.465 e. The molecule has 12 heteroatoms. The number of amides is 4. The number of hydrogen-bond donors (Lipinski definition) is 2. The summed E-state index contributed by atoms with van der Waals surface area (Å²) in [7, 11) is 1.25. The maximum Gasteiger partial charge on any atom is 0.344 e. The first kappa shape index (κ1) is 24.9. The van der Waals surface area contributed by atoms with Gasteiger partial charge in [0.25, 0.3) is 11.5 Å². The van der Waals surface area contributed by atoms with E-state index >= 15 is 0 Å². The highest BCUT2D eigenvalue weighted by Crippen LogP contribution is 2.23. The molecule has 1 aromatic heterocycles. The Morgan fingerprint density at radius 2 is 1.86 bits per heavy atom. The van der Waals surface area contributed by atoms with Gasteiger partial charge in [-0.15, -0.1) is 0 Å². The maximum atomic E-state index is 13.4. The summed E-state index contributed by atoms with van der Waals surface area (Å²) in [5.74, 6) is -2.02. The number of thioether (sulfide) groups is 1. The predicted molar refractivity (Wildman–Crippen MR) is 132 cm³/mol. The molecule has 1 saturated heterocycles. The van der Waals surface area contributed by atoms with E-state index in [2.05, 4.69) is 15.7 Å². The Hall–Kier alpha value is -4.19. The number of methoxy groups -OCH3 is 1. The van der Waals surface area contributed by atoms with Gasteiger partial charge in [-0.3, -0.25) is 24.4 Å². The summed E-state index contributed by atoms with van der Waals surface area (Å²) in [6.07, 6.45) is 0.358. The standard InChI is InChI=1S/C24H23N5O6S/c1-4-24(2)21(33)29(22(34)26-24)27-18(30)13-36-23-25-17-12-14(20(32)35-3)10-11-16(17)19(31)28(23)15-8-6-5-7-9-15/h5-12H,4,13H2,1-3H3,(H,26,34)(H,27,30)/t24-/m0/s1. The molecule has 1 aliphatic heterocycles. The van der Waals surface area contributed by atoms with Gasteiger partial charge in [0.1, 0.15) is 5.54 Å². The molecule has 36 heavy (non-hydrogen) atoms. The molecule has 4 amide bonds. The number of hydrazine groups is 1. The van der Waals surface area contributed by atoms with Crippen molar-refractivity contribution in [1.82, 2.24) is 25.3 Å². The topological polar surface area (TPSA) is 140 Å². The van der Waals surface area contributed by atoms with E-state index in [-0.39, 0.29) is 27.4 Å². The van der Waals surface area contributed by atoms with Gasteiger partial charge in [-0.25, -0.2) is 14.6 Å². The number of esters is 1. The van der Waals surface area contributed by atoms with Crippen LogP contribution >= 0.6 is 11.8 Å². The fourth-order valence-electron chi connectivity index (χ4n) is 3.62. The number of ether oxygens (including phenoxy) is 1. The van der Waals surface area contributed by atoms with Gasteiger partial charge in [0.2, 0.25) is 5.91 Å². The molecule has 0 radical (unpaired) electrons. The average molecular weight is 510 g/mol. The van der Waals surface area contributed by atoms with Crippen LogP contribution < -0.4 is 16.3 Å². The van der Waals surface area contributed by atoms with Crippen molar-refractivity contribution in [2.75, 3.05) is 12.9 Å². The van der Waals surface area contributed by atoms with E-state index in [1.54, 1.807) is 44.2 Å². The van der Waals surface area contributed by atoms with E-state index < -0.39 is 34.9 Å². The van der Waals surface area contributed by atoms with Crippen LogP contribution in [0.2, 0.25) is 0 Å². The van der Waals surface area contributed by atoms with Crippen LogP contribution in [0.5, 0.6) is 0 Å². The minimum absolute atomic E-state index is 0.187. The number of urea groups is 1. The Morgan fingerprint density at radius 1 is 1.14 bits per heavy atom. The molecule has 0 aliphatic carbocycles. The zero-order valence-electron chi connectivity index (χ0n) is 19.7. The van der Waals surface area contributed by atoms with E-state index in [1.165, 1.54) is 29.9 Å². The van der Waals surface area contributed by atoms with Gasteiger partial charge < -0.3 is 10.1 Å². The second kappa shape index (κ2) is 9.82. The number of para-hydroxylation sites is 1.